The SMILES string of the molecule is Cc1nc2n(n1)CCC[C@H]2NC(=O)N[C@H](C)c1cccc([N+](=O)[O-])c1. The van der Waals surface area contributed by atoms with E-state index in [9.17, 15) is 14.9 Å². The van der Waals surface area contributed by atoms with Crippen LogP contribution in [-0.2, 0) is 6.54 Å². The van der Waals surface area contributed by atoms with Gasteiger partial charge in [0, 0.05) is 18.7 Å². The van der Waals surface area contributed by atoms with E-state index < -0.39 is 4.92 Å². The lowest BCUT2D eigenvalue weighted by atomic mass is 10.1. The predicted molar refractivity (Wildman–Crippen MR) is 89.9 cm³/mol. The third-order valence-corrected chi connectivity index (χ3v) is 4.21. The molecule has 25 heavy (non-hydrogen) atoms. The Hall–Kier alpha value is -2.97. The van der Waals surface area contributed by atoms with E-state index in [0.717, 1.165) is 25.2 Å². The Balaban J connectivity index is 1.65. The van der Waals surface area contributed by atoms with Crippen LogP contribution in [0.2, 0.25) is 0 Å². The van der Waals surface area contributed by atoms with Crippen LogP contribution in [0.4, 0.5) is 10.5 Å². The Morgan fingerprint density at radius 2 is 2.28 bits per heavy atom. The monoisotopic (exact) mass is 344 g/mol. The lowest BCUT2D eigenvalue weighted by Crippen LogP contribution is -2.41. The van der Waals surface area contributed by atoms with Crippen molar-refractivity contribution in [3.8, 4) is 0 Å². The number of carbonyl (C=O) groups excluding carboxylic acids is 1. The lowest BCUT2D eigenvalue weighted by molar-refractivity contribution is -0.384. The fraction of sp³-hybridized carbons (Fsp3) is 0.438. The van der Waals surface area contributed by atoms with Gasteiger partial charge in [0.1, 0.15) is 11.6 Å². The molecule has 0 saturated heterocycles. The van der Waals surface area contributed by atoms with E-state index in [-0.39, 0.29) is 23.8 Å². The molecule has 0 bridgehead atoms. The first-order valence-corrected chi connectivity index (χ1v) is 8.17. The van der Waals surface area contributed by atoms with Gasteiger partial charge in [0.15, 0.2) is 0 Å². The number of nitro benzene ring substituents is 1. The highest BCUT2D eigenvalue weighted by atomic mass is 16.6. The number of hydrogen-bond acceptors (Lipinski definition) is 5. The van der Waals surface area contributed by atoms with Gasteiger partial charge in [0.2, 0.25) is 0 Å². The van der Waals surface area contributed by atoms with Gasteiger partial charge in [-0.15, -0.1) is 0 Å². The fourth-order valence-corrected chi connectivity index (χ4v) is 2.99. The molecule has 1 aliphatic heterocycles. The van der Waals surface area contributed by atoms with Crippen molar-refractivity contribution in [3.63, 3.8) is 0 Å². The van der Waals surface area contributed by atoms with E-state index in [2.05, 4.69) is 20.7 Å². The summed E-state index contributed by atoms with van der Waals surface area (Å²) in [5.41, 5.74) is 0.675. The van der Waals surface area contributed by atoms with Crippen molar-refractivity contribution < 1.29 is 9.72 Å². The molecule has 0 saturated carbocycles. The number of nitrogens with one attached hydrogen (secondary N) is 2. The minimum absolute atomic E-state index is 0.00224. The summed E-state index contributed by atoms with van der Waals surface area (Å²) in [6.07, 6.45) is 1.72. The van der Waals surface area contributed by atoms with Gasteiger partial charge in [-0.1, -0.05) is 12.1 Å². The van der Waals surface area contributed by atoms with Crippen LogP contribution in [0.1, 0.15) is 49.1 Å². The molecule has 3 rings (SSSR count). The number of carbonyl (C=O) groups is 1. The third kappa shape index (κ3) is 3.76. The van der Waals surface area contributed by atoms with Gasteiger partial charge < -0.3 is 10.6 Å². The molecule has 0 fully saturated rings. The van der Waals surface area contributed by atoms with Gasteiger partial charge in [-0.25, -0.2) is 14.5 Å². The lowest BCUT2D eigenvalue weighted by Gasteiger charge is -2.24. The average molecular weight is 344 g/mol. The second-order valence-electron chi connectivity index (χ2n) is 6.13. The summed E-state index contributed by atoms with van der Waals surface area (Å²) in [7, 11) is 0. The maximum absolute atomic E-state index is 12.3. The van der Waals surface area contributed by atoms with Gasteiger partial charge in [0.25, 0.3) is 5.69 Å². The molecular formula is C16H20N6O3. The maximum Gasteiger partial charge on any atom is 0.315 e. The van der Waals surface area contributed by atoms with Crippen LogP contribution in [0.3, 0.4) is 0 Å². The number of fused-ring (bicyclic) bond motifs is 1. The van der Waals surface area contributed by atoms with E-state index in [0.29, 0.717) is 11.4 Å². The number of nitro groups is 1. The Morgan fingerprint density at radius 3 is 3.04 bits per heavy atom. The molecule has 2 amide bonds. The molecule has 0 aliphatic carbocycles. The van der Waals surface area contributed by atoms with Crippen LogP contribution in [0.5, 0.6) is 0 Å². The zero-order valence-electron chi connectivity index (χ0n) is 14.1. The summed E-state index contributed by atoms with van der Waals surface area (Å²) >= 11 is 0. The number of nitrogens with zero attached hydrogens (tertiary/aromatic N) is 4. The normalized spacial score (nSPS) is 17.4. The summed E-state index contributed by atoms with van der Waals surface area (Å²) in [6.45, 7) is 4.42. The van der Waals surface area contributed by atoms with Crippen LogP contribution in [0.15, 0.2) is 24.3 Å². The number of aromatic nitrogens is 3. The predicted octanol–water partition coefficient (Wildman–Crippen LogP) is 2.39. The number of urea groups is 1. The number of amides is 2. The largest absolute Gasteiger partial charge is 0.332 e. The van der Waals surface area contributed by atoms with Crippen LogP contribution in [0, 0.1) is 17.0 Å². The molecule has 2 N–H and O–H groups in total. The van der Waals surface area contributed by atoms with Crippen molar-refractivity contribution in [2.45, 2.75) is 45.3 Å². The smallest absolute Gasteiger partial charge is 0.315 e. The topological polar surface area (TPSA) is 115 Å². The summed E-state index contributed by atoms with van der Waals surface area (Å²) in [4.78, 5) is 27.1. The highest BCUT2D eigenvalue weighted by Crippen LogP contribution is 2.23. The van der Waals surface area contributed by atoms with Gasteiger partial charge in [-0.05, 0) is 32.3 Å². The molecule has 9 nitrogen and oxygen atoms in total. The Labute approximate surface area is 144 Å². The van der Waals surface area contributed by atoms with Crippen molar-refractivity contribution >= 4 is 11.7 Å². The summed E-state index contributed by atoms with van der Waals surface area (Å²) in [6, 6.07) is 5.36. The molecule has 1 aromatic carbocycles. The minimum atomic E-state index is -0.451. The number of hydrogen-bond donors (Lipinski definition) is 2. The number of aryl methyl sites for hydroxylation is 2. The van der Waals surface area contributed by atoms with E-state index in [1.165, 1.54) is 12.1 Å². The van der Waals surface area contributed by atoms with E-state index in [4.69, 9.17) is 0 Å². The zero-order valence-corrected chi connectivity index (χ0v) is 14.1. The van der Waals surface area contributed by atoms with Gasteiger partial charge in [0.05, 0.1) is 17.0 Å². The van der Waals surface area contributed by atoms with Crippen molar-refractivity contribution in [2.75, 3.05) is 0 Å². The van der Waals surface area contributed by atoms with Crippen molar-refractivity contribution in [1.29, 1.82) is 0 Å². The standard InChI is InChI=1S/C16H20N6O3/c1-10(12-5-3-6-13(9-12)22(24)25)17-16(23)19-14-7-4-8-21-15(14)18-11(2)20-21/h3,5-6,9-10,14H,4,7-8H2,1-2H3,(H2,17,19,23)/t10-,14-/m1/s1. The summed E-state index contributed by atoms with van der Waals surface area (Å²) in [5, 5.41) is 20.9. The van der Waals surface area contributed by atoms with Gasteiger partial charge in [-0.3, -0.25) is 10.1 Å². The molecule has 0 unspecified atom stereocenters. The molecule has 2 heterocycles. The Bertz CT molecular complexity index is 803. The van der Waals surface area contributed by atoms with Gasteiger partial charge >= 0.3 is 6.03 Å². The first kappa shape index (κ1) is 16.9. The first-order chi connectivity index (χ1) is 11.9. The quantitative estimate of drug-likeness (QED) is 0.653. The van der Waals surface area contributed by atoms with Crippen LogP contribution in [-0.4, -0.2) is 25.7 Å². The number of benzene rings is 1. The van der Waals surface area contributed by atoms with E-state index in [1.54, 1.807) is 19.1 Å². The third-order valence-electron chi connectivity index (χ3n) is 4.21. The molecule has 9 heteroatoms. The number of rotatable bonds is 4. The first-order valence-electron chi connectivity index (χ1n) is 8.17. The maximum atomic E-state index is 12.3. The number of non-ortho nitro benzene ring substituents is 1. The zero-order chi connectivity index (χ0) is 18.0. The van der Waals surface area contributed by atoms with E-state index >= 15 is 0 Å². The van der Waals surface area contributed by atoms with Crippen molar-refractivity contribution in [1.82, 2.24) is 25.4 Å². The molecule has 1 aromatic heterocycles. The molecule has 0 spiro atoms. The Kier molecular flexibility index (Phi) is 4.64. The molecule has 2 atom stereocenters. The van der Waals surface area contributed by atoms with Crippen molar-refractivity contribution in [3.05, 3.63) is 51.6 Å². The fourth-order valence-electron chi connectivity index (χ4n) is 2.99. The molecule has 132 valence electrons. The molecule has 1 aliphatic rings. The molecular weight excluding hydrogens is 324 g/mol. The second-order valence-corrected chi connectivity index (χ2v) is 6.13. The van der Waals surface area contributed by atoms with Crippen molar-refractivity contribution in [2.24, 2.45) is 0 Å². The average Bonchev–Trinajstić information content (AvgIpc) is 2.96. The van der Waals surface area contributed by atoms with Crippen LogP contribution < -0.4 is 10.6 Å². The Morgan fingerprint density at radius 1 is 1.48 bits per heavy atom. The summed E-state index contributed by atoms with van der Waals surface area (Å²) < 4.78 is 1.83. The van der Waals surface area contributed by atoms with Gasteiger partial charge in [-0.2, -0.15) is 5.10 Å². The summed E-state index contributed by atoms with van der Waals surface area (Å²) in [5.74, 6) is 1.45. The highest BCUT2D eigenvalue weighted by molar-refractivity contribution is 5.74. The van der Waals surface area contributed by atoms with Crippen LogP contribution in [0.25, 0.3) is 0 Å². The molecule has 0 radical (unpaired) electrons. The van der Waals surface area contributed by atoms with E-state index in [1.807, 2.05) is 11.6 Å². The molecule has 2 aromatic rings. The highest BCUT2D eigenvalue weighted by Gasteiger charge is 2.25. The second kappa shape index (κ2) is 6.88. The van der Waals surface area contributed by atoms with Crippen LogP contribution >= 0.6 is 0 Å². The minimum Gasteiger partial charge on any atom is -0.332 e.